The molecule has 0 bridgehead atoms. The molecule has 2 fully saturated rings. The highest BCUT2D eigenvalue weighted by Crippen LogP contribution is 2.43. The Hall–Kier alpha value is -5.09. The van der Waals surface area contributed by atoms with Crippen LogP contribution in [0.1, 0.15) is 54.4 Å². The first-order valence-electron chi connectivity index (χ1n) is 17.9. The number of ether oxygens (including phenoxy) is 2. The van der Waals surface area contributed by atoms with Crippen molar-refractivity contribution in [3.8, 4) is 16.8 Å². The number of para-hydroxylation sites is 1. The molecule has 0 radical (unpaired) electrons. The lowest BCUT2D eigenvalue weighted by Crippen LogP contribution is -2.50. The molecule has 5 unspecified atom stereocenters. The van der Waals surface area contributed by atoms with Crippen molar-refractivity contribution in [1.29, 1.82) is 0 Å². The molecule has 0 aliphatic carbocycles. The second kappa shape index (κ2) is 16.7. The summed E-state index contributed by atoms with van der Waals surface area (Å²) in [5, 5.41) is 25.3. The van der Waals surface area contributed by atoms with E-state index in [1.54, 1.807) is 4.68 Å². The molecule has 2 N–H and O–H groups in total. The third-order valence-electron chi connectivity index (χ3n) is 9.91. The molecule has 2 aliphatic rings. The SMILES string of the molecule is CC1C(CSc2nnnn2-c2ccccc2)OC(c2ccc(-c3cccc(CNC(=O)C4CCCN4C(=O)C(F)(F)F)c3)cc2)OC1c1ccc(CO)cc1. The Morgan fingerprint density at radius 3 is 2.38 bits per heavy atom. The fourth-order valence-corrected chi connectivity index (χ4v) is 7.97. The number of hydrogen-bond donors (Lipinski definition) is 2. The van der Waals surface area contributed by atoms with Crippen molar-refractivity contribution in [3.05, 3.63) is 125 Å². The topological polar surface area (TPSA) is 132 Å². The van der Waals surface area contributed by atoms with Crippen LogP contribution in [-0.4, -0.2) is 72.6 Å². The van der Waals surface area contributed by atoms with Gasteiger partial charge < -0.3 is 24.8 Å². The lowest BCUT2D eigenvalue weighted by molar-refractivity contribution is -0.268. The number of aliphatic hydroxyl groups is 1. The molecule has 2 aliphatic heterocycles. The van der Waals surface area contributed by atoms with Crippen LogP contribution in [0.5, 0.6) is 0 Å². The van der Waals surface area contributed by atoms with Crippen LogP contribution in [0.15, 0.2) is 108 Å². The number of benzene rings is 4. The van der Waals surface area contributed by atoms with Gasteiger partial charge in [0.2, 0.25) is 11.1 Å². The highest BCUT2D eigenvalue weighted by Gasteiger charge is 2.47. The summed E-state index contributed by atoms with van der Waals surface area (Å²) in [5.41, 5.74) is 5.96. The van der Waals surface area contributed by atoms with Gasteiger partial charge in [-0.05, 0) is 69.3 Å². The normalized spacial score (nSPS) is 21.4. The molecule has 2 saturated heterocycles. The van der Waals surface area contributed by atoms with Crippen LogP contribution in [0.2, 0.25) is 0 Å². The number of rotatable bonds is 11. The summed E-state index contributed by atoms with van der Waals surface area (Å²) in [6, 6.07) is 31.5. The number of aliphatic hydroxyl groups excluding tert-OH is 1. The van der Waals surface area contributed by atoms with Gasteiger partial charge in [0, 0.05) is 30.3 Å². The van der Waals surface area contributed by atoms with E-state index in [2.05, 4.69) is 27.8 Å². The minimum atomic E-state index is -5.03. The van der Waals surface area contributed by atoms with E-state index in [1.807, 2.05) is 103 Å². The Morgan fingerprint density at radius 1 is 0.909 bits per heavy atom. The van der Waals surface area contributed by atoms with Crippen LogP contribution in [-0.2, 0) is 32.2 Å². The molecule has 11 nitrogen and oxygen atoms in total. The molecule has 286 valence electrons. The van der Waals surface area contributed by atoms with E-state index >= 15 is 0 Å². The average Bonchev–Trinajstić information content (AvgIpc) is 3.90. The van der Waals surface area contributed by atoms with Crippen molar-refractivity contribution in [2.45, 2.75) is 68.8 Å². The van der Waals surface area contributed by atoms with E-state index in [0.29, 0.717) is 22.2 Å². The maximum absolute atomic E-state index is 13.1. The molecule has 4 aromatic carbocycles. The van der Waals surface area contributed by atoms with Gasteiger partial charge in [-0.2, -0.15) is 17.9 Å². The maximum atomic E-state index is 13.1. The van der Waals surface area contributed by atoms with Crippen LogP contribution < -0.4 is 5.32 Å². The van der Waals surface area contributed by atoms with Crippen LogP contribution in [0.4, 0.5) is 13.2 Å². The number of tetrazole rings is 1. The Labute approximate surface area is 319 Å². The first-order valence-corrected chi connectivity index (χ1v) is 18.9. The zero-order valence-electron chi connectivity index (χ0n) is 29.8. The molecular formula is C40H39F3N6O5S. The van der Waals surface area contributed by atoms with Crippen LogP contribution in [0, 0.1) is 5.92 Å². The van der Waals surface area contributed by atoms with Crippen LogP contribution >= 0.6 is 11.8 Å². The molecule has 7 rings (SSSR count). The lowest BCUT2D eigenvalue weighted by Gasteiger charge is -2.41. The van der Waals surface area contributed by atoms with E-state index in [-0.39, 0.29) is 44.2 Å². The van der Waals surface area contributed by atoms with E-state index in [1.165, 1.54) is 11.8 Å². The van der Waals surface area contributed by atoms with Gasteiger partial charge in [-0.3, -0.25) is 9.59 Å². The fraction of sp³-hybridized carbons (Fsp3) is 0.325. The molecule has 1 aromatic heterocycles. The predicted molar refractivity (Wildman–Crippen MR) is 197 cm³/mol. The third kappa shape index (κ3) is 8.75. The first-order chi connectivity index (χ1) is 26.6. The largest absolute Gasteiger partial charge is 0.471 e. The highest BCUT2D eigenvalue weighted by molar-refractivity contribution is 7.99. The summed E-state index contributed by atoms with van der Waals surface area (Å²) in [4.78, 5) is 25.3. The number of nitrogens with zero attached hydrogens (tertiary/aromatic N) is 5. The van der Waals surface area contributed by atoms with Crippen LogP contribution in [0.25, 0.3) is 16.8 Å². The minimum Gasteiger partial charge on any atom is -0.392 e. The number of hydrogen-bond acceptors (Lipinski definition) is 9. The van der Waals surface area contributed by atoms with Gasteiger partial charge in [-0.1, -0.05) is 104 Å². The van der Waals surface area contributed by atoms with Gasteiger partial charge in [0.1, 0.15) is 6.04 Å². The molecule has 5 atom stereocenters. The summed E-state index contributed by atoms with van der Waals surface area (Å²) in [5.74, 6) is -2.09. The minimum absolute atomic E-state index is 0.0471. The van der Waals surface area contributed by atoms with Crippen molar-refractivity contribution in [2.24, 2.45) is 5.92 Å². The number of aromatic nitrogens is 4. The van der Waals surface area contributed by atoms with Gasteiger partial charge in [0.25, 0.3) is 0 Å². The average molecular weight is 773 g/mol. The second-order valence-corrected chi connectivity index (χ2v) is 14.5. The molecule has 0 saturated carbocycles. The number of alkyl halides is 3. The predicted octanol–water partition coefficient (Wildman–Crippen LogP) is 6.57. The van der Waals surface area contributed by atoms with Crippen molar-refractivity contribution >= 4 is 23.6 Å². The van der Waals surface area contributed by atoms with Crippen molar-refractivity contribution in [1.82, 2.24) is 30.4 Å². The van der Waals surface area contributed by atoms with Crippen molar-refractivity contribution in [2.75, 3.05) is 12.3 Å². The van der Waals surface area contributed by atoms with E-state index in [4.69, 9.17) is 9.47 Å². The maximum Gasteiger partial charge on any atom is 0.471 e. The number of carbonyl (C=O) groups excluding carboxylic acids is 2. The van der Waals surface area contributed by atoms with Gasteiger partial charge in [0.05, 0.1) is 24.5 Å². The molecule has 3 heterocycles. The summed E-state index contributed by atoms with van der Waals surface area (Å²) in [7, 11) is 0. The zero-order valence-corrected chi connectivity index (χ0v) is 30.6. The zero-order chi connectivity index (χ0) is 38.5. The number of amides is 2. The van der Waals surface area contributed by atoms with Gasteiger partial charge >= 0.3 is 12.1 Å². The van der Waals surface area contributed by atoms with Gasteiger partial charge in [-0.15, -0.1) is 5.10 Å². The molecule has 15 heteroatoms. The molecule has 5 aromatic rings. The lowest BCUT2D eigenvalue weighted by atomic mass is 9.91. The molecular weight excluding hydrogens is 734 g/mol. The summed E-state index contributed by atoms with van der Waals surface area (Å²) in [6.45, 7) is 2.02. The monoisotopic (exact) mass is 772 g/mol. The van der Waals surface area contributed by atoms with Gasteiger partial charge in [0.15, 0.2) is 6.29 Å². The summed E-state index contributed by atoms with van der Waals surface area (Å²) < 4.78 is 54.2. The number of halogens is 3. The first kappa shape index (κ1) is 38.2. The Balaban J connectivity index is 1.05. The number of carbonyl (C=O) groups is 2. The molecule has 2 amide bonds. The van der Waals surface area contributed by atoms with E-state index < -0.39 is 30.3 Å². The van der Waals surface area contributed by atoms with Crippen molar-refractivity contribution in [3.63, 3.8) is 0 Å². The van der Waals surface area contributed by atoms with Crippen LogP contribution in [0.3, 0.4) is 0 Å². The summed E-state index contributed by atoms with van der Waals surface area (Å²) in [6.07, 6.45) is -5.77. The van der Waals surface area contributed by atoms with E-state index in [0.717, 1.165) is 39.1 Å². The molecule has 55 heavy (non-hydrogen) atoms. The Bertz CT molecular complexity index is 2080. The second-order valence-electron chi connectivity index (χ2n) is 13.5. The standard InChI is InChI=1S/C40H39F3N6O5S/c1-25-34(24-55-39-45-46-47-49(39)32-9-3-2-4-10-32)53-37(54-35(25)29-14-12-26(23-50)13-15-29)30-18-16-28(17-19-30)31-8-5-7-27(21-31)22-44-36(51)33-11-6-20-48(33)38(52)40(41,42)43/h2-5,7-10,12-19,21,25,33-35,37,50H,6,11,20,22-24H2,1H3,(H,44,51). The Kier molecular flexibility index (Phi) is 11.6. The van der Waals surface area contributed by atoms with Crippen molar-refractivity contribution < 1.29 is 37.3 Å². The summed E-state index contributed by atoms with van der Waals surface area (Å²) >= 11 is 1.50. The quantitative estimate of drug-likeness (QED) is 0.143. The number of likely N-dealkylation sites (tertiary alicyclic amines) is 1. The fourth-order valence-electron chi connectivity index (χ4n) is 6.91. The number of nitrogens with one attached hydrogen (secondary N) is 1. The molecule has 0 spiro atoms. The smallest absolute Gasteiger partial charge is 0.392 e. The highest BCUT2D eigenvalue weighted by atomic mass is 32.2. The number of thioether (sulfide) groups is 1. The van der Waals surface area contributed by atoms with E-state index in [9.17, 15) is 27.9 Å². The Morgan fingerprint density at radius 2 is 1.65 bits per heavy atom. The third-order valence-corrected chi connectivity index (χ3v) is 10.9. The van der Waals surface area contributed by atoms with Gasteiger partial charge in [-0.25, -0.2) is 0 Å².